The Balaban J connectivity index is 2.03. The third-order valence-corrected chi connectivity index (χ3v) is 3.13. The van der Waals surface area contributed by atoms with E-state index < -0.39 is 0 Å². The standard InChI is InChI=1S/C16H23N3O/c1-4-19-15(9-13(3)18-19)11-20-16-7-5-6-14(10-16)8-12(2)17/h5-7,9-10,12H,4,8,11,17H2,1-3H3. The highest BCUT2D eigenvalue weighted by Crippen LogP contribution is 2.16. The maximum absolute atomic E-state index is 5.87. The average molecular weight is 273 g/mol. The van der Waals surface area contributed by atoms with Crippen molar-refractivity contribution < 1.29 is 4.74 Å². The van der Waals surface area contributed by atoms with Crippen molar-refractivity contribution in [1.29, 1.82) is 0 Å². The minimum Gasteiger partial charge on any atom is -0.487 e. The average Bonchev–Trinajstić information content (AvgIpc) is 2.76. The quantitative estimate of drug-likeness (QED) is 0.880. The van der Waals surface area contributed by atoms with E-state index in [2.05, 4.69) is 30.2 Å². The van der Waals surface area contributed by atoms with Crippen LogP contribution in [0, 0.1) is 6.92 Å². The van der Waals surface area contributed by atoms with E-state index in [9.17, 15) is 0 Å². The SMILES string of the molecule is CCn1nc(C)cc1COc1cccc(CC(C)N)c1. The van der Waals surface area contributed by atoms with Gasteiger partial charge in [-0.25, -0.2) is 0 Å². The number of nitrogens with two attached hydrogens (primary N) is 1. The lowest BCUT2D eigenvalue weighted by atomic mass is 10.1. The van der Waals surface area contributed by atoms with E-state index in [1.807, 2.05) is 30.7 Å². The van der Waals surface area contributed by atoms with Crippen LogP contribution in [-0.4, -0.2) is 15.8 Å². The van der Waals surface area contributed by atoms with Crippen LogP contribution in [0.5, 0.6) is 5.75 Å². The maximum Gasteiger partial charge on any atom is 0.130 e. The summed E-state index contributed by atoms with van der Waals surface area (Å²) >= 11 is 0. The fourth-order valence-electron chi connectivity index (χ4n) is 2.28. The number of hydrogen-bond donors (Lipinski definition) is 1. The van der Waals surface area contributed by atoms with Crippen LogP contribution in [0.3, 0.4) is 0 Å². The largest absolute Gasteiger partial charge is 0.487 e. The lowest BCUT2D eigenvalue weighted by Gasteiger charge is -2.10. The second-order valence-electron chi connectivity index (χ2n) is 5.21. The van der Waals surface area contributed by atoms with Gasteiger partial charge in [0.25, 0.3) is 0 Å². The van der Waals surface area contributed by atoms with Gasteiger partial charge in [0.2, 0.25) is 0 Å². The normalized spacial score (nSPS) is 12.4. The summed E-state index contributed by atoms with van der Waals surface area (Å²) in [5.74, 6) is 0.879. The smallest absolute Gasteiger partial charge is 0.130 e. The predicted octanol–water partition coefficient (Wildman–Crippen LogP) is 2.68. The van der Waals surface area contributed by atoms with Gasteiger partial charge in [0.1, 0.15) is 12.4 Å². The summed E-state index contributed by atoms with van der Waals surface area (Å²) in [5.41, 5.74) is 9.16. The van der Waals surface area contributed by atoms with E-state index in [0.717, 1.165) is 30.1 Å². The Morgan fingerprint density at radius 2 is 2.15 bits per heavy atom. The van der Waals surface area contributed by atoms with Gasteiger partial charge in [-0.2, -0.15) is 5.10 Å². The zero-order chi connectivity index (χ0) is 14.5. The molecule has 0 saturated heterocycles. The molecule has 1 heterocycles. The van der Waals surface area contributed by atoms with Crippen molar-refractivity contribution in [2.45, 2.75) is 46.4 Å². The first kappa shape index (κ1) is 14.6. The van der Waals surface area contributed by atoms with Gasteiger partial charge in [-0.3, -0.25) is 4.68 Å². The van der Waals surface area contributed by atoms with Crippen molar-refractivity contribution >= 4 is 0 Å². The van der Waals surface area contributed by atoms with Crippen molar-refractivity contribution in [3.05, 3.63) is 47.3 Å². The van der Waals surface area contributed by atoms with Crippen LogP contribution in [0.25, 0.3) is 0 Å². The summed E-state index contributed by atoms with van der Waals surface area (Å²) in [4.78, 5) is 0. The van der Waals surface area contributed by atoms with Gasteiger partial charge in [0.05, 0.1) is 11.4 Å². The molecular weight excluding hydrogens is 250 g/mol. The number of hydrogen-bond acceptors (Lipinski definition) is 3. The van der Waals surface area contributed by atoms with Crippen molar-refractivity contribution in [2.24, 2.45) is 5.73 Å². The minimum atomic E-state index is 0.162. The van der Waals surface area contributed by atoms with E-state index in [-0.39, 0.29) is 6.04 Å². The molecule has 1 unspecified atom stereocenters. The number of aromatic nitrogens is 2. The molecule has 1 aromatic carbocycles. The Labute approximate surface area is 120 Å². The van der Waals surface area contributed by atoms with Gasteiger partial charge in [-0.05, 0) is 51.0 Å². The Morgan fingerprint density at radius 1 is 1.35 bits per heavy atom. The zero-order valence-electron chi connectivity index (χ0n) is 12.5. The predicted molar refractivity (Wildman–Crippen MR) is 80.8 cm³/mol. The number of benzene rings is 1. The number of ether oxygens (including phenoxy) is 1. The third-order valence-electron chi connectivity index (χ3n) is 3.13. The molecule has 0 radical (unpaired) electrons. The Morgan fingerprint density at radius 3 is 2.85 bits per heavy atom. The fourth-order valence-corrected chi connectivity index (χ4v) is 2.28. The van der Waals surface area contributed by atoms with E-state index >= 15 is 0 Å². The first-order valence-corrected chi connectivity index (χ1v) is 7.09. The summed E-state index contributed by atoms with van der Waals surface area (Å²) in [6.07, 6.45) is 0.864. The van der Waals surface area contributed by atoms with Gasteiger partial charge >= 0.3 is 0 Å². The van der Waals surface area contributed by atoms with Crippen LogP contribution < -0.4 is 10.5 Å². The van der Waals surface area contributed by atoms with E-state index in [0.29, 0.717) is 6.61 Å². The molecule has 0 spiro atoms. The second-order valence-corrected chi connectivity index (χ2v) is 5.21. The van der Waals surface area contributed by atoms with Crippen LogP contribution in [0.15, 0.2) is 30.3 Å². The fraction of sp³-hybridized carbons (Fsp3) is 0.438. The van der Waals surface area contributed by atoms with Crippen LogP contribution in [0.4, 0.5) is 0 Å². The molecule has 4 nitrogen and oxygen atoms in total. The van der Waals surface area contributed by atoms with Crippen LogP contribution in [0.1, 0.15) is 30.8 Å². The highest BCUT2D eigenvalue weighted by molar-refractivity contribution is 5.29. The summed E-state index contributed by atoms with van der Waals surface area (Å²) in [6.45, 7) is 7.49. The lowest BCUT2D eigenvalue weighted by molar-refractivity contribution is 0.292. The Hall–Kier alpha value is -1.81. The van der Waals surface area contributed by atoms with E-state index in [4.69, 9.17) is 10.5 Å². The van der Waals surface area contributed by atoms with Crippen molar-refractivity contribution in [1.82, 2.24) is 9.78 Å². The molecule has 1 aromatic heterocycles. The van der Waals surface area contributed by atoms with Crippen molar-refractivity contribution in [2.75, 3.05) is 0 Å². The highest BCUT2D eigenvalue weighted by Gasteiger charge is 2.05. The molecule has 108 valence electrons. The number of rotatable bonds is 6. The molecule has 2 aromatic rings. The van der Waals surface area contributed by atoms with Crippen LogP contribution in [0.2, 0.25) is 0 Å². The summed E-state index contributed by atoms with van der Waals surface area (Å²) in [5, 5.41) is 4.42. The summed E-state index contributed by atoms with van der Waals surface area (Å²) < 4.78 is 7.84. The first-order chi connectivity index (χ1) is 9.58. The molecule has 0 aliphatic carbocycles. The minimum absolute atomic E-state index is 0.162. The highest BCUT2D eigenvalue weighted by atomic mass is 16.5. The van der Waals surface area contributed by atoms with Gasteiger partial charge in [-0.15, -0.1) is 0 Å². The Bertz CT molecular complexity index is 561. The molecule has 0 amide bonds. The molecule has 2 rings (SSSR count). The topological polar surface area (TPSA) is 53.1 Å². The monoisotopic (exact) mass is 273 g/mol. The summed E-state index contributed by atoms with van der Waals surface area (Å²) in [7, 11) is 0. The zero-order valence-corrected chi connectivity index (χ0v) is 12.5. The van der Waals surface area contributed by atoms with Gasteiger partial charge in [0, 0.05) is 12.6 Å². The third kappa shape index (κ3) is 3.84. The molecule has 0 saturated carbocycles. The Kier molecular flexibility index (Phi) is 4.79. The second kappa shape index (κ2) is 6.57. The molecule has 0 aliphatic rings. The van der Waals surface area contributed by atoms with E-state index in [1.165, 1.54) is 5.56 Å². The van der Waals surface area contributed by atoms with Gasteiger partial charge in [-0.1, -0.05) is 12.1 Å². The number of nitrogens with zero attached hydrogens (tertiary/aromatic N) is 2. The molecule has 2 N–H and O–H groups in total. The van der Waals surface area contributed by atoms with Crippen LogP contribution >= 0.6 is 0 Å². The molecule has 4 heteroatoms. The molecular formula is C16H23N3O. The molecule has 0 aliphatic heterocycles. The summed E-state index contributed by atoms with van der Waals surface area (Å²) in [6, 6.07) is 10.4. The lowest BCUT2D eigenvalue weighted by Crippen LogP contribution is -2.17. The number of aryl methyl sites for hydroxylation is 2. The molecule has 20 heavy (non-hydrogen) atoms. The van der Waals surface area contributed by atoms with Gasteiger partial charge in [0.15, 0.2) is 0 Å². The van der Waals surface area contributed by atoms with Crippen molar-refractivity contribution in [3.63, 3.8) is 0 Å². The molecule has 0 bridgehead atoms. The van der Waals surface area contributed by atoms with Crippen molar-refractivity contribution in [3.8, 4) is 5.75 Å². The van der Waals surface area contributed by atoms with Gasteiger partial charge < -0.3 is 10.5 Å². The first-order valence-electron chi connectivity index (χ1n) is 7.09. The van der Waals surface area contributed by atoms with E-state index in [1.54, 1.807) is 0 Å². The van der Waals surface area contributed by atoms with Crippen LogP contribution in [-0.2, 0) is 19.6 Å². The maximum atomic E-state index is 5.87. The molecule has 1 atom stereocenters. The molecule has 0 fully saturated rings.